The highest BCUT2D eigenvalue weighted by atomic mass is 127. The quantitative estimate of drug-likeness (QED) is 0.351. The first-order chi connectivity index (χ1) is 13.6. The molecule has 0 aromatic heterocycles. The minimum Gasteiger partial charge on any atom is -0.506 e. The van der Waals surface area contributed by atoms with Gasteiger partial charge in [-0.25, -0.2) is 0 Å². The van der Waals surface area contributed by atoms with Crippen molar-refractivity contribution in [3.05, 3.63) is 53.1 Å². The average Bonchev–Trinajstić information content (AvgIpc) is 2.73. The second kappa shape index (κ2) is 11.3. The van der Waals surface area contributed by atoms with Crippen molar-refractivity contribution in [2.24, 2.45) is 4.99 Å². The summed E-state index contributed by atoms with van der Waals surface area (Å²) in [7, 11) is 3.44. The lowest BCUT2D eigenvalue weighted by Crippen LogP contribution is -2.52. The van der Waals surface area contributed by atoms with Gasteiger partial charge in [-0.2, -0.15) is 0 Å². The van der Waals surface area contributed by atoms with E-state index in [1.54, 1.807) is 20.2 Å². The largest absolute Gasteiger partial charge is 0.506 e. The van der Waals surface area contributed by atoms with Gasteiger partial charge in [0.15, 0.2) is 5.96 Å². The Morgan fingerprint density at radius 2 is 1.90 bits per heavy atom. The van der Waals surface area contributed by atoms with Gasteiger partial charge in [0.1, 0.15) is 11.5 Å². The maximum atomic E-state index is 10.1. The number of methoxy groups -OCH3 is 1. The number of aliphatic imine (C=N–C) groups is 1. The molecule has 6 nitrogen and oxygen atoms in total. The third-order valence-electron chi connectivity index (χ3n) is 4.95. The van der Waals surface area contributed by atoms with Crippen molar-refractivity contribution < 1.29 is 9.84 Å². The first-order valence-corrected chi connectivity index (χ1v) is 9.81. The van der Waals surface area contributed by atoms with Gasteiger partial charge in [0, 0.05) is 44.8 Å². The maximum absolute atomic E-state index is 10.1. The van der Waals surface area contributed by atoms with Gasteiger partial charge >= 0.3 is 0 Å². The predicted octanol–water partition coefficient (Wildman–Crippen LogP) is 3.61. The lowest BCUT2D eigenvalue weighted by molar-refractivity contribution is 0.370. The van der Waals surface area contributed by atoms with Crippen LogP contribution in [-0.2, 0) is 6.42 Å². The molecule has 0 atom stereocenters. The van der Waals surface area contributed by atoms with Gasteiger partial charge in [-0.1, -0.05) is 29.8 Å². The standard InChI is InChI=1S/C21H27ClN4O2.HI/c1-23-21(24-10-9-16-7-8-17(28-2)15-18(16)22)26-13-11-25(12-14-26)19-5-3-4-6-20(19)27;/h3-8,15,27H,9-14H2,1-2H3,(H,23,24);1H. The summed E-state index contributed by atoms with van der Waals surface area (Å²) in [5.41, 5.74) is 1.97. The van der Waals surface area contributed by atoms with Gasteiger partial charge in [0.05, 0.1) is 12.8 Å². The highest BCUT2D eigenvalue weighted by Gasteiger charge is 2.21. The predicted molar refractivity (Wildman–Crippen MR) is 130 cm³/mol. The lowest BCUT2D eigenvalue weighted by atomic mass is 10.1. The zero-order valence-electron chi connectivity index (χ0n) is 16.8. The molecule has 0 radical (unpaired) electrons. The van der Waals surface area contributed by atoms with Crippen molar-refractivity contribution in [3.8, 4) is 11.5 Å². The molecule has 1 aliphatic rings. The van der Waals surface area contributed by atoms with Crippen LogP contribution < -0.4 is 15.0 Å². The number of halogens is 2. The Bertz CT molecular complexity index is 826. The Morgan fingerprint density at radius 1 is 1.17 bits per heavy atom. The summed E-state index contributed by atoms with van der Waals surface area (Å²) in [6, 6.07) is 13.2. The molecule has 8 heteroatoms. The minimum absolute atomic E-state index is 0. The number of benzene rings is 2. The molecule has 0 amide bonds. The Hall–Kier alpha value is -1.87. The Balaban J connectivity index is 0.00000300. The molecule has 3 rings (SSSR count). The molecule has 0 spiro atoms. The smallest absolute Gasteiger partial charge is 0.193 e. The van der Waals surface area contributed by atoms with Crippen molar-refractivity contribution in [2.75, 3.05) is 51.8 Å². The number of nitrogens with zero attached hydrogens (tertiary/aromatic N) is 3. The molecule has 0 saturated carbocycles. The minimum atomic E-state index is 0. The van der Waals surface area contributed by atoms with Gasteiger partial charge in [-0.15, -0.1) is 24.0 Å². The number of rotatable bonds is 5. The van der Waals surface area contributed by atoms with Crippen LogP contribution in [0.4, 0.5) is 5.69 Å². The fourth-order valence-electron chi connectivity index (χ4n) is 3.39. The first-order valence-electron chi connectivity index (χ1n) is 9.43. The number of nitrogens with one attached hydrogen (secondary N) is 1. The van der Waals surface area contributed by atoms with Gasteiger partial charge in [-0.3, -0.25) is 4.99 Å². The summed E-state index contributed by atoms with van der Waals surface area (Å²) in [5.74, 6) is 1.98. The molecule has 1 heterocycles. The van der Waals surface area contributed by atoms with E-state index in [1.165, 1.54) is 0 Å². The van der Waals surface area contributed by atoms with E-state index in [2.05, 4.69) is 20.1 Å². The van der Waals surface area contributed by atoms with E-state index in [0.29, 0.717) is 10.8 Å². The lowest BCUT2D eigenvalue weighted by Gasteiger charge is -2.37. The number of ether oxygens (including phenoxy) is 1. The van der Waals surface area contributed by atoms with E-state index in [-0.39, 0.29) is 24.0 Å². The summed E-state index contributed by atoms with van der Waals surface area (Å²) in [6.07, 6.45) is 0.805. The van der Waals surface area contributed by atoms with Crippen LogP contribution in [0.25, 0.3) is 0 Å². The number of piperazine rings is 1. The number of phenols is 1. The molecule has 0 unspecified atom stereocenters. The highest BCUT2D eigenvalue weighted by molar-refractivity contribution is 14.0. The molecule has 1 saturated heterocycles. The second-order valence-corrected chi connectivity index (χ2v) is 7.05. The fourth-order valence-corrected chi connectivity index (χ4v) is 3.65. The van der Waals surface area contributed by atoms with E-state index in [0.717, 1.165) is 62.1 Å². The molecule has 1 fully saturated rings. The molecule has 2 aromatic rings. The summed E-state index contributed by atoms with van der Waals surface area (Å²) in [6.45, 7) is 4.11. The molecular weight excluding hydrogens is 503 g/mol. The van der Waals surface area contributed by atoms with Crippen molar-refractivity contribution >= 4 is 47.2 Å². The molecule has 0 aliphatic carbocycles. The number of hydrogen-bond donors (Lipinski definition) is 2. The molecule has 2 aromatic carbocycles. The van der Waals surface area contributed by atoms with E-state index in [1.807, 2.05) is 36.4 Å². The van der Waals surface area contributed by atoms with Crippen LogP contribution >= 0.6 is 35.6 Å². The third-order valence-corrected chi connectivity index (χ3v) is 5.30. The van der Waals surface area contributed by atoms with Crippen molar-refractivity contribution in [1.29, 1.82) is 0 Å². The molecule has 1 aliphatic heterocycles. The van der Waals surface area contributed by atoms with Gasteiger partial charge in [0.2, 0.25) is 0 Å². The summed E-state index contributed by atoms with van der Waals surface area (Å²) >= 11 is 6.32. The molecule has 158 valence electrons. The first kappa shape index (κ1) is 23.4. The highest BCUT2D eigenvalue weighted by Crippen LogP contribution is 2.27. The van der Waals surface area contributed by atoms with Crippen LogP contribution in [0.15, 0.2) is 47.5 Å². The van der Waals surface area contributed by atoms with E-state index in [4.69, 9.17) is 16.3 Å². The monoisotopic (exact) mass is 530 g/mol. The van der Waals surface area contributed by atoms with Crippen LogP contribution in [0.5, 0.6) is 11.5 Å². The second-order valence-electron chi connectivity index (χ2n) is 6.64. The molecular formula is C21H28ClIN4O2. The van der Waals surface area contributed by atoms with Crippen LogP contribution in [-0.4, -0.2) is 62.8 Å². The summed E-state index contributed by atoms with van der Waals surface area (Å²) < 4.78 is 5.19. The van der Waals surface area contributed by atoms with Crippen molar-refractivity contribution in [2.45, 2.75) is 6.42 Å². The van der Waals surface area contributed by atoms with Gasteiger partial charge in [-0.05, 0) is 36.2 Å². The Labute approximate surface area is 194 Å². The number of anilines is 1. The van der Waals surface area contributed by atoms with Gasteiger partial charge in [0.25, 0.3) is 0 Å². The van der Waals surface area contributed by atoms with E-state index in [9.17, 15) is 5.11 Å². The van der Waals surface area contributed by atoms with Crippen molar-refractivity contribution in [3.63, 3.8) is 0 Å². The van der Waals surface area contributed by atoms with Crippen LogP contribution in [0.3, 0.4) is 0 Å². The zero-order chi connectivity index (χ0) is 19.9. The third kappa shape index (κ3) is 6.05. The summed E-state index contributed by atoms with van der Waals surface area (Å²) in [4.78, 5) is 8.87. The van der Waals surface area contributed by atoms with E-state index < -0.39 is 0 Å². The molecule has 2 N–H and O–H groups in total. The Kier molecular flexibility index (Phi) is 9.16. The SMILES string of the molecule is CN=C(NCCc1ccc(OC)cc1Cl)N1CCN(c2ccccc2O)CC1.I. The average molecular weight is 531 g/mol. The number of aromatic hydroxyl groups is 1. The van der Waals surface area contributed by atoms with Crippen LogP contribution in [0, 0.1) is 0 Å². The number of guanidine groups is 1. The maximum Gasteiger partial charge on any atom is 0.193 e. The van der Waals surface area contributed by atoms with Gasteiger partial charge < -0.3 is 25.0 Å². The molecule has 29 heavy (non-hydrogen) atoms. The normalized spacial score (nSPS) is 14.4. The number of hydrogen-bond acceptors (Lipinski definition) is 4. The van der Waals surface area contributed by atoms with E-state index >= 15 is 0 Å². The summed E-state index contributed by atoms with van der Waals surface area (Å²) in [5, 5.41) is 14.2. The zero-order valence-corrected chi connectivity index (χ0v) is 19.9. The van der Waals surface area contributed by atoms with Crippen molar-refractivity contribution in [1.82, 2.24) is 10.2 Å². The fraction of sp³-hybridized carbons (Fsp3) is 0.381. The number of phenolic OH excluding ortho intramolecular Hbond substituents is 1. The molecule has 0 bridgehead atoms. The topological polar surface area (TPSA) is 60.3 Å². The van der Waals surface area contributed by atoms with Crippen LogP contribution in [0.1, 0.15) is 5.56 Å². The Morgan fingerprint density at radius 3 is 2.52 bits per heavy atom. The van der Waals surface area contributed by atoms with Crippen LogP contribution in [0.2, 0.25) is 5.02 Å². The number of para-hydroxylation sites is 2.